The highest BCUT2D eigenvalue weighted by Crippen LogP contribution is 2.32. The second kappa shape index (κ2) is 6.68. The Bertz CT molecular complexity index is 1130. The number of benzene rings is 2. The average Bonchev–Trinajstić information content (AvgIpc) is 2.94. The van der Waals surface area contributed by atoms with Crippen molar-refractivity contribution in [2.45, 2.75) is 20.8 Å². The molecule has 2 aromatic heterocycles. The van der Waals surface area contributed by atoms with E-state index in [1.807, 2.05) is 42.5 Å². The standard InChI is InChI=1S/C22H20N4O/c1-14-15(2)26(19-7-5-4-6-8-19)22-20(14)21(23-13-24-22)25-18-11-9-17(10-12-18)16(3)27/h4-13H,1-3H3,(H,23,24,25). The zero-order valence-electron chi connectivity index (χ0n) is 15.5. The van der Waals surface area contributed by atoms with Crippen LogP contribution >= 0.6 is 0 Å². The number of Topliss-reactive ketones (excluding diaryl/α,β-unsaturated/α-hetero) is 1. The van der Waals surface area contributed by atoms with Crippen LogP contribution in [0.15, 0.2) is 60.9 Å². The number of aryl methyl sites for hydroxylation is 1. The summed E-state index contributed by atoms with van der Waals surface area (Å²) in [4.78, 5) is 20.5. The van der Waals surface area contributed by atoms with Gasteiger partial charge in [0.15, 0.2) is 11.4 Å². The summed E-state index contributed by atoms with van der Waals surface area (Å²) in [5.41, 5.74) is 5.78. The van der Waals surface area contributed by atoms with Crippen molar-refractivity contribution in [2.24, 2.45) is 0 Å². The summed E-state index contributed by atoms with van der Waals surface area (Å²) < 4.78 is 2.15. The van der Waals surface area contributed by atoms with Crippen LogP contribution in [0.2, 0.25) is 0 Å². The lowest BCUT2D eigenvalue weighted by molar-refractivity contribution is 0.101. The normalized spacial score (nSPS) is 10.9. The average molecular weight is 356 g/mol. The topological polar surface area (TPSA) is 59.8 Å². The quantitative estimate of drug-likeness (QED) is 0.524. The summed E-state index contributed by atoms with van der Waals surface area (Å²) in [5, 5.41) is 4.37. The van der Waals surface area contributed by atoms with Crippen LogP contribution in [0.4, 0.5) is 11.5 Å². The molecule has 4 rings (SSSR count). The third-order valence-corrected chi connectivity index (χ3v) is 4.86. The zero-order chi connectivity index (χ0) is 19.0. The summed E-state index contributed by atoms with van der Waals surface area (Å²) in [6, 6.07) is 17.6. The Morgan fingerprint density at radius 1 is 0.963 bits per heavy atom. The first-order chi connectivity index (χ1) is 13.1. The van der Waals surface area contributed by atoms with Gasteiger partial charge < -0.3 is 5.32 Å². The van der Waals surface area contributed by atoms with Crippen LogP contribution in [-0.4, -0.2) is 20.3 Å². The molecule has 2 aromatic carbocycles. The van der Waals surface area contributed by atoms with Gasteiger partial charge in [-0.1, -0.05) is 18.2 Å². The lowest BCUT2D eigenvalue weighted by Gasteiger charge is -2.09. The molecule has 0 bridgehead atoms. The summed E-state index contributed by atoms with van der Waals surface area (Å²) in [6.45, 7) is 5.74. The Kier molecular flexibility index (Phi) is 4.20. The number of nitrogens with one attached hydrogen (secondary N) is 1. The first kappa shape index (κ1) is 17.0. The smallest absolute Gasteiger partial charge is 0.159 e. The van der Waals surface area contributed by atoms with Crippen molar-refractivity contribution in [3.8, 4) is 5.69 Å². The van der Waals surface area contributed by atoms with E-state index in [0.29, 0.717) is 5.56 Å². The van der Waals surface area contributed by atoms with Gasteiger partial charge in [-0.25, -0.2) is 9.97 Å². The van der Waals surface area contributed by atoms with Crippen LogP contribution in [0, 0.1) is 13.8 Å². The number of fused-ring (bicyclic) bond motifs is 1. The Hall–Kier alpha value is -3.47. The summed E-state index contributed by atoms with van der Waals surface area (Å²) in [6.07, 6.45) is 1.58. The molecule has 0 amide bonds. The van der Waals surface area contributed by atoms with Crippen molar-refractivity contribution < 1.29 is 4.79 Å². The van der Waals surface area contributed by atoms with E-state index in [1.165, 1.54) is 0 Å². The Balaban J connectivity index is 1.82. The van der Waals surface area contributed by atoms with Crippen molar-refractivity contribution in [2.75, 3.05) is 5.32 Å². The van der Waals surface area contributed by atoms with Crippen LogP contribution in [-0.2, 0) is 0 Å². The van der Waals surface area contributed by atoms with Crippen molar-refractivity contribution in [3.63, 3.8) is 0 Å². The van der Waals surface area contributed by atoms with Crippen LogP contribution in [0.5, 0.6) is 0 Å². The maximum atomic E-state index is 11.5. The monoisotopic (exact) mass is 356 g/mol. The number of ketones is 1. The molecule has 0 aliphatic carbocycles. The molecule has 2 heterocycles. The SMILES string of the molecule is CC(=O)c1ccc(Nc2ncnc3c2c(C)c(C)n3-c2ccccc2)cc1. The second-order valence-electron chi connectivity index (χ2n) is 6.56. The molecule has 0 aliphatic rings. The molecule has 0 saturated heterocycles. The largest absolute Gasteiger partial charge is 0.340 e. The molecule has 5 nitrogen and oxygen atoms in total. The fraction of sp³-hybridized carbons (Fsp3) is 0.136. The zero-order valence-corrected chi connectivity index (χ0v) is 15.5. The molecule has 27 heavy (non-hydrogen) atoms. The minimum Gasteiger partial charge on any atom is -0.340 e. The number of rotatable bonds is 4. The summed E-state index contributed by atoms with van der Waals surface area (Å²) >= 11 is 0. The minimum atomic E-state index is 0.0531. The van der Waals surface area contributed by atoms with Gasteiger partial charge in [0.2, 0.25) is 0 Å². The van der Waals surface area contributed by atoms with E-state index in [4.69, 9.17) is 0 Å². The molecule has 0 fully saturated rings. The van der Waals surface area contributed by atoms with Gasteiger partial charge in [0.05, 0.1) is 5.39 Å². The van der Waals surface area contributed by atoms with Crippen molar-refractivity contribution in [1.29, 1.82) is 0 Å². The molecular formula is C22H20N4O. The predicted molar refractivity (Wildman–Crippen MR) is 108 cm³/mol. The lowest BCUT2D eigenvalue weighted by Crippen LogP contribution is -1.99. The van der Waals surface area contributed by atoms with Gasteiger partial charge in [-0.3, -0.25) is 9.36 Å². The third-order valence-electron chi connectivity index (χ3n) is 4.86. The van der Waals surface area contributed by atoms with Crippen LogP contribution < -0.4 is 5.32 Å². The minimum absolute atomic E-state index is 0.0531. The molecule has 134 valence electrons. The molecule has 0 aliphatic heterocycles. The van der Waals surface area contributed by atoms with E-state index in [1.54, 1.807) is 13.3 Å². The molecule has 0 radical (unpaired) electrons. The van der Waals surface area contributed by atoms with E-state index >= 15 is 0 Å². The maximum Gasteiger partial charge on any atom is 0.159 e. The van der Waals surface area contributed by atoms with E-state index in [9.17, 15) is 4.79 Å². The van der Waals surface area contributed by atoms with Crippen molar-refractivity contribution in [3.05, 3.63) is 77.7 Å². The molecular weight excluding hydrogens is 336 g/mol. The number of para-hydroxylation sites is 1. The van der Waals surface area contributed by atoms with E-state index in [2.05, 4.69) is 45.8 Å². The first-order valence-corrected chi connectivity index (χ1v) is 8.82. The first-order valence-electron chi connectivity index (χ1n) is 8.82. The number of hydrogen-bond donors (Lipinski definition) is 1. The lowest BCUT2D eigenvalue weighted by atomic mass is 10.1. The molecule has 0 saturated carbocycles. The van der Waals surface area contributed by atoms with Gasteiger partial charge in [0.1, 0.15) is 12.1 Å². The van der Waals surface area contributed by atoms with Crippen molar-refractivity contribution in [1.82, 2.24) is 14.5 Å². The number of anilines is 2. The Morgan fingerprint density at radius 3 is 2.33 bits per heavy atom. The van der Waals surface area contributed by atoms with Gasteiger partial charge in [-0.15, -0.1) is 0 Å². The van der Waals surface area contributed by atoms with Crippen LogP contribution in [0.3, 0.4) is 0 Å². The molecule has 4 aromatic rings. The number of carbonyl (C=O) groups is 1. The van der Waals surface area contributed by atoms with E-state index in [-0.39, 0.29) is 5.78 Å². The van der Waals surface area contributed by atoms with Gasteiger partial charge in [0, 0.05) is 22.6 Å². The predicted octanol–water partition coefficient (Wildman–Crippen LogP) is 4.98. The van der Waals surface area contributed by atoms with E-state index < -0.39 is 0 Å². The Labute approximate surface area is 157 Å². The highest BCUT2D eigenvalue weighted by Gasteiger charge is 2.17. The number of aromatic nitrogens is 3. The fourth-order valence-electron chi connectivity index (χ4n) is 3.31. The van der Waals surface area contributed by atoms with Crippen LogP contribution in [0.1, 0.15) is 28.5 Å². The van der Waals surface area contributed by atoms with Gasteiger partial charge >= 0.3 is 0 Å². The van der Waals surface area contributed by atoms with Gasteiger partial charge in [0.25, 0.3) is 0 Å². The van der Waals surface area contributed by atoms with Gasteiger partial charge in [-0.05, 0) is 62.7 Å². The summed E-state index contributed by atoms with van der Waals surface area (Å²) in [5.74, 6) is 0.809. The fourth-order valence-corrected chi connectivity index (χ4v) is 3.31. The molecule has 0 spiro atoms. The number of carbonyl (C=O) groups excluding carboxylic acids is 1. The highest BCUT2D eigenvalue weighted by atomic mass is 16.1. The molecule has 0 unspecified atom stereocenters. The van der Waals surface area contributed by atoms with Crippen molar-refractivity contribution >= 4 is 28.3 Å². The van der Waals surface area contributed by atoms with Gasteiger partial charge in [-0.2, -0.15) is 0 Å². The van der Waals surface area contributed by atoms with Crippen LogP contribution in [0.25, 0.3) is 16.7 Å². The maximum absolute atomic E-state index is 11.5. The third kappa shape index (κ3) is 2.97. The second-order valence-corrected chi connectivity index (χ2v) is 6.56. The molecule has 1 N–H and O–H groups in total. The number of nitrogens with zero attached hydrogens (tertiary/aromatic N) is 3. The highest BCUT2D eigenvalue weighted by molar-refractivity contribution is 5.96. The Morgan fingerprint density at radius 2 is 1.67 bits per heavy atom. The molecule has 5 heteroatoms. The summed E-state index contributed by atoms with van der Waals surface area (Å²) in [7, 11) is 0. The number of hydrogen-bond acceptors (Lipinski definition) is 4. The molecule has 0 atom stereocenters. The van der Waals surface area contributed by atoms with E-state index in [0.717, 1.165) is 39.5 Å².